The van der Waals surface area contributed by atoms with E-state index >= 15 is 0 Å². The molecule has 0 spiro atoms. The number of nitrogens with zero attached hydrogens (tertiary/aromatic N) is 1. The summed E-state index contributed by atoms with van der Waals surface area (Å²) in [7, 11) is 0. The zero-order chi connectivity index (χ0) is 20.6. The van der Waals surface area contributed by atoms with Gasteiger partial charge in [-0.15, -0.1) is 0 Å². The molecule has 150 valence electrons. The number of hydrazone groups is 1. The summed E-state index contributed by atoms with van der Waals surface area (Å²) in [5, 5.41) is 4.00. The molecular weight excluding hydrogens is 380 g/mol. The van der Waals surface area contributed by atoms with Gasteiger partial charge in [-0.2, -0.15) is 5.10 Å². The molecule has 0 unspecified atom stereocenters. The summed E-state index contributed by atoms with van der Waals surface area (Å²) in [5.41, 5.74) is 5.23. The van der Waals surface area contributed by atoms with Gasteiger partial charge in [-0.05, 0) is 47.0 Å². The number of nitrogens with one attached hydrogen (secondary N) is 1. The van der Waals surface area contributed by atoms with Crippen molar-refractivity contribution >= 4 is 18.2 Å². The van der Waals surface area contributed by atoms with Crippen molar-refractivity contribution in [2.24, 2.45) is 5.10 Å². The van der Waals surface area contributed by atoms with Gasteiger partial charge >= 0.3 is 0 Å². The second-order valence-electron chi connectivity index (χ2n) is 6.53. The van der Waals surface area contributed by atoms with Gasteiger partial charge in [-0.3, -0.25) is 4.79 Å². The molecule has 1 heterocycles. The molecule has 0 saturated heterocycles. The SMILES string of the molecule is O=C(/C=C/c1ccc2c(c1)OCO2)N/N=C/c1cccc(OCc2ccccc2)c1. The summed E-state index contributed by atoms with van der Waals surface area (Å²) in [6, 6.07) is 22.9. The molecule has 6 heteroatoms. The van der Waals surface area contributed by atoms with Crippen LogP contribution in [0.15, 0.2) is 84.0 Å². The van der Waals surface area contributed by atoms with Crippen molar-refractivity contribution in [1.82, 2.24) is 5.43 Å². The third-order valence-electron chi connectivity index (χ3n) is 4.32. The van der Waals surface area contributed by atoms with Crippen molar-refractivity contribution in [3.63, 3.8) is 0 Å². The van der Waals surface area contributed by atoms with Gasteiger partial charge in [-0.1, -0.05) is 48.5 Å². The Labute approximate surface area is 174 Å². The van der Waals surface area contributed by atoms with E-state index in [0.29, 0.717) is 18.1 Å². The molecule has 6 nitrogen and oxygen atoms in total. The van der Waals surface area contributed by atoms with Crippen LogP contribution in [0.2, 0.25) is 0 Å². The first-order chi connectivity index (χ1) is 14.8. The van der Waals surface area contributed by atoms with Crippen LogP contribution < -0.4 is 19.6 Å². The molecule has 1 aliphatic rings. The summed E-state index contributed by atoms with van der Waals surface area (Å²) in [6.45, 7) is 0.707. The van der Waals surface area contributed by atoms with E-state index in [0.717, 1.165) is 22.4 Å². The van der Waals surface area contributed by atoms with Gasteiger partial charge in [0.05, 0.1) is 6.21 Å². The molecule has 0 bridgehead atoms. The van der Waals surface area contributed by atoms with E-state index in [2.05, 4.69) is 10.5 Å². The Morgan fingerprint density at radius 1 is 0.967 bits per heavy atom. The topological polar surface area (TPSA) is 69.2 Å². The monoisotopic (exact) mass is 400 g/mol. The fourth-order valence-corrected chi connectivity index (χ4v) is 2.82. The normalized spacial score (nSPS) is 12.4. The van der Waals surface area contributed by atoms with E-state index in [9.17, 15) is 4.79 Å². The van der Waals surface area contributed by atoms with Crippen LogP contribution >= 0.6 is 0 Å². The third-order valence-corrected chi connectivity index (χ3v) is 4.32. The molecule has 0 aromatic heterocycles. The average molecular weight is 400 g/mol. The molecule has 30 heavy (non-hydrogen) atoms. The van der Waals surface area contributed by atoms with Crippen molar-refractivity contribution in [3.05, 3.63) is 95.6 Å². The highest BCUT2D eigenvalue weighted by Crippen LogP contribution is 2.32. The zero-order valence-electron chi connectivity index (χ0n) is 16.2. The Morgan fingerprint density at radius 3 is 2.73 bits per heavy atom. The highest BCUT2D eigenvalue weighted by atomic mass is 16.7. The average Bonchev–Trinajstić information content (AvgIpc) is 3.25. The lowest BCUT2D eigenvalue weighted by molar-refractivity contribution is -0.116. The van der Waals surface area contributed by atoms with Crippen molar-refractivity contribution in [2.75, 3.05) is 6.79 Å². The zero-order valence-corrected chi connectivity index (χ0v) is 16.2. The van der Waals surface area contributed by atoms with E-state index in [1.807, 2.05) is 72.8 Å². The molecule has 0 fully saturated rings. The minimum atomic E-state index is -0.333. The smallest absolute Gasteiger partial charge is 0.264 e. The standard InChI is InChI=1S/C24H20N2O4/c27-24(12-10-18-9-11-22-23(14-18)30-17-29-22)26-25-15-20-7-4-8-21(13-20)28-16-19-5-2-1-3-6-19/h1-15H,16-17H2,(H,26,27)/b12-10+,25-15+. The Bertz CT molecular complexity index is 1080. The molecule has 1 amide bonds. The number of hydrogen-bond donors (Lipinski definition) is 1. The van der Waals surface area contributed by atoms with E-state index in [-0.39, 0.29) is 12.7 Å². The molecule has 0 saturated carbocycles. The van der Waals surface area contributed by atoms with Crippen molar-refractivity contribution in [3.8, 4) is 17.2 Å². The number of benzene rings is 3. The fraction of sp³-hybridized carbons (Fsp3) is 0.0833. The Morgan fingerprint density at radius 2 is 1.83 bits per heavy atom. The van der Waals surface area contributed by atoms with Gasteiger partial charge in [0.2, 0.25) is 6.79 Å². The van der Waals surface area contributed by atoms with Crippen molar-refractivity contribution in [2.45, 2.75) is 6.61 Å². The molecule has 1 aliphatic heterocycles. The number of fused-ring (bicyclic) bond motifs is 1. The predicted octanol–water partition coefficient (Wildman–Crippen LogP) is 4.16. The lowest BCUT2D eigenvalue weighted by atomic mass is 10.2. The molecule has 1 N–H and O–H groups in total. The number of rotatable bonds is 7. The molecule has 0 radical (unpaired) electrons. The van der Waals surface area contributed by atoms with Crippen molar-refractivity contribution in [1.29, 1.82) is 0 Å². The van der Waals surface area contributed by atoms with Gasteiger partial charge in [0.1, 0.15) is 12.4 Å². The minimum Gasteiger partial charge on any atom is -0.489 e. The molecule has 0 atom stereocenters. The quantitative estimate of drug-likeness (QED) is 0.367. The number of carbonyl (C=O) groups is 1. The molecule has 0 aliphatic carbocycles. The first-order valence-corrected chi connectivity index (χ1v) is 9.44. The fourth-order valence-electron chi connectivity index (χ4n) is 2.82. The van der Waals surface area contributed by atoms with Crippen LogP contribution in [0.5, 0.6) is 17.2 Å². The molecule has 3 aromatic rings. The molecule has 3 aromatic carbocycles. The van der Waals surface area contributed by atoms with Crippen LogP contribution in [-0.4, -0.2) is 18.9 Å². The van der Waals surface area contributed by atoms with Crippen molar-refractivity contribution < 1.29 is 19.0 Å². The van der Waals surface area contributed by atoms with E-state index < -0.39 is 0 Å². The third kappa shape index (κ3) is 5.26. The summed E-state index contributed by atoms with van der Waals surface area (Å²) in [5.74, 6) is 1.78. The molecular formula is C24H20N2O4. The van der Waals surface area contributed by atoms with Gasteiger partial charge in [0.15, 0.2) is 11.5 Å². The van der Waals surface area contributed by atoms with Crippen LogP contribution in [0, 0.1) is 0 Å². The van der Waals surface area contributed by atoms with Crippen LogP contribution in [0.4, 0.5) is 0 Å². The molecule has 4 rings (SSSR count). The highest BCUT2D eigenvalue weighted by molar-refractivity contribution is 5.92. The predicted molar refractivity (Wildman–Crippen MR) is 115 cm³/mol. The number of amides is 1. The minimum absolute atomic E-state index is 0.218. The van der Waals surface area contributed by atoms with Crippen LogP contribution in [0.25, 0.3) is 6.08 Å². The summed E-state index contributed by atoms with van der Waals surface area (Å²) in [6.07, 6.45) is 4.67. The van der Waals surface area contributed by atoms with Gasteiger partial charge < -0.3 is 14.2 Å². The second kappa shape index (κ2) is 9.43. The first kappa shape index (κ1) is 19.3. The second-order valence-corrected chi connectivity index (χ2v) is 6.53. The Balaban J connectivity index is 1.29. The van der Waals surface area contributed by atoms with E-state index in [4.69, 9.17) is 14.2 Å². The van der Waals surface area contributed by atoms with Gasteiger partial charge in [0, 0.05) is 6.08 Å². The Kier molecular flexibility index (Phi) is 6.05. The van der Waals surface area contributed by atoms with Crippen LogP contribution in [0.1, 0.15) is 16.7 Å². The van der Waals surface area contributed by atoms with E-state index in [1.165, 1.54) is 6.08 Å². The highest BCUT2D eigenvalue weighted by Gasteiger charge is 2.12. The largest absolute Gasteiger partial charge is 0.489 e. The van der Waals surface area contributed by atoms with Crippen LogP contribution in [0.3, 0.4) is 0 Å². The number of hydrogen-bond acceptors (Lipinski definition) is 5. The van der Waals surface area contributed by atoms with E-state index in [1.54, 1.807) is 12.3 Å². The van der Waals surface area contributed by atoms with Gasteiger partial charge in [0.25, 0.3) is 5.91 Å². The maximum absolute atomic E-state index is 12.0. The maximum atomic E-state index is 12.0. The first-order valence-electron chi connectivity index (χ1n) is 9.44. The summed E-state index contributed by atoms with van der Waals surface area (Å²) in [4.78, 5) is 12.0. The summed E-state index contributed by atoms with van der Waals surface area (Å²) < 4.78 is 16.4. The Hall–Kier alpha value is -4.06. The number of ether oxygens (including phenoxy) is 3. The van der Waals surface area contributed by atoms with Crippen LogP contribution in [-0.2, 0) is 11.4 Å². The number of carbonyl (C=O) groups excluding carboxylic acids is 1. The summed E-state index contributed by atoms with van der Waals surface area (Å²) >= 11 is 0. The maximum Gasteiger partial charge on any atom is 0.264 e. The lowest BCUT2D eigenvalue weighted by Gasteiger charge is -2.06. The van der Waals surface area contributed by atoms with Gasteiger partial charge in [-0.25, -0.2) is 5.43 Å². The lowest BCUT2D eigenvalue weighted by Crippen LogP contribution is -2.14.